The second-order valence-electron chi connectivity index (χ2n) is 4.81. The van der Waals surface area contributed by atoms with Gasteiger partial charge in [-0.15, -0.1) is 0 Å². The van der Waals surface area contributed by atoms with Gasteiger partial charge in [0.05, 0.1) is 18.1 Å². The molecule has 5 heteroatoms. The van der Waals surface area contributed by atoms with Gasteiger partial charge in [0.25, 0.3) is 0 Å². The van der Waals surface area contributed by atoms with Crippen molar-refractivity contribution in [2.24, 2.45) is 5.92 Å². The van der Waals surface area contributed by atoms with Crippen LogP contribution < -0.4 is 5.32 Å². The molecule has 2 atom stereocenters. The Bertz CT molecular complexity index is 388. The number of alkyl halides is 2. The van der Waals surface area contributed by atoms with Gasteiger partial charge in [-0.3, -0.25) is 0 Å². The second kappa shape index (κ2) is 3.52. The van der Waals surface area contributed by atoms with E-state index in [-0.39, 0.29) is 24.8 Å². The summed E-state index contributed by atoms with van der Waals surface area (Å²) in [6.07, 6.45) is 3.19. The number of fused-ring (bicyclic) bond motifs is 1. The summed E-state index contributed by atoms with van der Waals surface area (Å²) in [6, 6.07) is 0.0170. The molecule has 3 rings (SSSR count). The lowest BCUT2D eigenvalue weighted by Crippen LogP contribution is -2.34. The predicted octanol–water partition coefficient (Wildman–Crippen LogP) is 2.03. The van der Waals surface area contributed by atoms with Gasteiger partial charge in [0.15, 0.2) is 0 Å². The number of aromatic nitrogens is 2. The molecule has 0 aromatic carbocycles. The van der Waals surface area contributed by atoms with Gasteiger partial charge >= 0.3 is 0 Å². The van der Waals surface area contributed by atoms with Crippen LogP contribution in [0.25, 0.3) is 0 Å². The minimum absolute atomic E-state index is 0.00301. The highest BCUT2D eigenvalue weighted by Gasteiger charge is 2.44. The summed E-state index contributed by atoms with van der Waals surface area (Å²) in [4.78, 5) is 7.36. The summed E-state index contributed by atoms with van der Waals surface area (Å²) in [6.45, 7) is 0.849. The molecule has 0 saturated heterocycles. The summed E-state index contributed by atoms with van der Waals surface area (Å²) < 4.78 is 26.4. The summed E-state index contributed by atoms with van der Waals surface area (Å²) >= 11 is 0. The summed E-state index contributed by atoms with van der Waals surface area (Å²) in [5, 5.41) is 3.33. The number of nitrogens with one attached hydrogen (secondary N) is 2. The molecule has 2 unspecified atom stereocenters. The Morgan fingerprint density at radius 2 is 2.31 bits per heavy atom. The number of aromatic amines is 1. The molecule has 0 radical (unpaired) electrons. The standard InChI is InChI=1S/C11H15F2N3/c12-11(13)3-1-7(5-11)9-10-8(2-4-14-9)15-6-16-10/h6-7,9,14H,1-5H2,(H,15,16). The van der Waals surface area contributed by atoms with Crippen LogP contribution in [0.2, 0.25) is 0 Å². The Hall–Kier alpha value is -0.970. The lowest BCUT2D eigenvalue weighted by Gasteiger charge is -2.28. The number of imidazole rings is 1. The fourth-order valence-corrected chi connectivity index (χ4v) is 2.91. The third-order valence-corrected chi connectivity index (χ3v) is 3.70. The molecule has 2 heterocycles. The Balaban J connectivity index is 1.83. The SMILES string of the molecule is FC1(F)CCC(C2NCCc3[nH]cnc32)C1. The molecule has 1 aliphatic carbocycles. The largest absolute Gasteiger partial charge is 0.348 e. The number of nitrogens with zero attached hydrogens (tertiary/aromatic N) is 1. The van der Waals surface area contributed by atoms with Gasteiger partial charge in [-0.05, 0) is 12.3 Å². The highest BCUT2D eigenvalue weighted by atomic mass is 19.3. The molecule has 3 nitrogen and oxygen atoms in total. The number of halogens is 2. The van der Waals surface area contributed by atoms with E-state index in [4.69, 9.17) is 0 Å². The van der Waals surface area contributed by atoms with Crippen LogP contribution in [0, 0.1) is 5.92 Å². The Labute approximate surface area is 92.6 Å². The molecule has 1 aliphatic heterocycles. The molecule has 2 N–H and O–H groups in total. The fraction of sp³-hybridized carbons (Fsp3) is 0.727. The first-order valence-electron chi connectivity index (χ1n) is 5.79. The van der Waals surface area contributed by atoms with Gasteiger partial charge < -0.3 is 10.3 Å². The fourth-order valence-electron chi connectivity index (χ4n) is 2.91. The zero-order valence-electron chi connectivity index (χ0n) is 8.97. The number of rotatable bonds is 1. The normalized spacial score (nSPS) is 32.6. The van der Waals surface area contributed by atoms with E-state index in [1.165, 1.54) is 0 Å². The van der Waals surface area contributed by atoms with Gasteiger partial charge in [-0.2, -0.15) is 0 Å². The topological polar surface area (TPSA) is 40.7 Å². The first-order valence-corrected chi connectivity index (χ1v) is 5.79. The third kappa shape index (κ3) is 1.63. The number of hydrogen-bond acceptors (Lipinski definition) is 2. The smallest absolute Gasteiger partial charge is 0.248 e. The molecular formula is C11H15F2N3. The molecule has 0 spiro atoms. The van der Waals surface area contributed by atoms with E-state index in [1.54, 1.807) is 6.33 Å². The maximum absolute atomic E-state index is 13.2. The summed E-state index contributed by atoms with van der Waals surface area (Å²) in [5.41, 5.74) is 2.06. The quantitative estimate of drug-likeness (QED) is 0.770. The van der Waals surface area contributed by atoms with Crippen LogP contribution in [-0.2, 0) is 6.42 Å². The summed E-state index contributed by atoms with van der Waals surface area (Å²) in [7, 11) is 0. The van der Waals surface area contributed by atoms with Crippen molar-refractivity contribution in [3.05, 3.63) is 17.7 Å². The molecule has 0 amide bonds. The Kier molecular flexibility index (Phi) is 2.24. The van der Waals surface area contributed by atoms with Crippen molar-refractivity contribution in [1.29, 1.82) is 0 Å². The maximum atomic E-state index is 13.2. The van der Waals surface area contributed by atoms with E-state index < -0.39 is 5.92 Å². The molecule has 0 bridgehead atoms. The second-order valence-corrected chi connectivity index (χ2v) is 4.81. The van der Waals surface area contributed by atoms with Crippen molar-refractivity contribution in [3.63, 3.8) is 0 Å². The monoisotopic (exact) mass is 227 g/mol. The first-order chi connectivity index (χ1) is 7.66. The number of hydrogen-bond donors (Lipinski definition) is 2. The average Bonchev–Trinajstić information content (AvgIpc) is 2.83. The summed E-state index contributed by atoms with van der Waals surface area (Å²) in [5.74, 6) is -2.45. The highest BCUT2D eigenvalue weighted by molar-refractivity contribution is 5.20. The van der Waals surface area contributed by atoms with E-state index in [2.05, 4.69) is 15.3 Å². The van der Waals surface area contributed by atoms with E-state index in [9.17, 15) is 8.78 Å². The lowest BCUT2D eigenvalue weighted by molar-refractivity contribution is 0.00307. The molecule has 88 valence electrons. The minimum Gasteiger partial charge on any atom is -0.348 e. The van der Waals surface area contributed by atoms with Crippen molar-refractivity contribution in [2.75, 3.05) is 6.54 Å². The van der Waals surface area contributed by atoms with Crippen molar-refractivity contribution < 1.29 is 8.78 Å². The van der Waals surface area contributed by atoms with Crippen LogP contribution >= 0.6 is 0 Å². The van der Waals surface area contributed by atoms with Crippen LogP contribution in [0.1, 0.15) is 36.7 Å². The van der Waals surface area contributed by atoms with Crippen LogP contribution in [0.5, 0.6) is 0 Å². The average molecular weight is 227 g/mol. The lowest BCUT2D eigenvalue weighted by atomic mass is 9.91. The van der Waals surface area contributed by atoms with E-state index >= 15 is 0 Å². The molecule has 1 aromatic rings. The molecule has 1 aromatic heterocycles. The van der Waals surface area contributed by atoms with Crippen LogP contribution in [0.4, 0.5) is 8.78 Å². The van der Waals surface area contributed by atoms with Crippen molar-refractivity contribution in [1.82, 2.24) is 15.3 Å². The van der Waals surface area contributed by atoms with E-state index in [1.807, 2.05) is 0 Å². The molecule has 16 heavy (non-hydrogen) atoms. The molecular weight excluding hydrogens is 212 g/mol. The van der Waals surface area contributed by atoms with Gasteiger partial charge in [0, 0.05) is 31.5 Å². The number of H-pyrrole nitrogens is 1. The highest BCUT2D eigenvalue weighted by Crippen LogP contribution is 2.45. The van der Waals surface area contributed by atoms with Crippen molar-refractivity contribution in [3.8, 4) is 0 Å². The van der Waals surface area contributed by atoms with Crippen molar-refractivity contribution in [2.45, 2.75) is 37.6 Å². The molecule has 2 aliphatic rings. The van der Waals surface area contributed by atoms with Gasteiger partial charge in [-0.1, -0.05) is 0 Å². The van der Waals surface area contributed by atoms with Gasteiger partial charge in [0.2, 0.25) is 5.92 Å². The first kappa shape index (κ1) is 10.2. The predicted molar refractivity (Wildman–Crippen MR) is 55.3 cm³/mol. The molecule has 1 fully saturated rings. The minimum atomic E-state index is -2.47. The van der Waals surface area contributed by atoms with Crippen LogP contribution in [0.15, 0.2) is 6.33 Å². The maximum Gasteiger partial charge on any atom is 0.248 e. The zero-order valence-corrected chi connectivity index (χ0v) is 8.97. The Morgan fingerprint density at radius 3 is 3.06 bits per heavy atom. The third-order valence-electron chi connectivity index (χ3n) is 3.70. The van der Waals surface area contributed by atoms with E-state index in [0.717, 1.165) is 24.4 Å². The van der Waals surface area contributed by atoms with E-state index in [0.29, 0.717) is 6.42 Å². The van der Waals surface area contributed by atoms with Crippen LogP contribution in [-0.4, -0.2) is 22.4 Å². The van der Waals surface area contributed by atoms with Crippen molar-refractivity contribution >= 4 is 0 Å². The molecule has 1 saturated carbocycles. The van der Waals surface area contributed by atoms with Gasteiger partial charge in [-0.25, -0.2) is 13.8 Å². The Morgan fingerprint density at radius 1 is 1.44 bits per heavy atom. The van der Waals surface area contributed by atoms with Gasteiger partial charge in [0.1, 0.15) is 0 Å². The zero-order chi connectivity index (χ0) is 11.2. The van der Waals surface area contributed by atoms with Crippen LogP contribution in [0.3, 0.4) is 0 Å².